The smallest absolute Gasteiger partial charge is 0.306 e. The first-order valence-corrected chi connectivity index (χ1v) is 4.90. The van der Waals surface area contributed by atoms with E-state index >= 15 is 0 Å². The van der Waals surface area contributed by atoms with Crippen molar-refractivity contribution in [2.24, 2.45) is 5.92 Å². The summed E-state index contributed by atoms with van der Waals surface area (Å²) in [5.74, 6) is -0.415. The van der Waals surface area contributed by atoms with Crippen molar-refractivity contribution in [3.05, 3.63) is 30.1 Å². The summed E-state index contributed by atoms with van der Waals surface area (Å²) < 4.78 is 0. The summed E-state index contributed by atoms with van der Waals surface area (Å²) in [6.07, 6.45) is 6.13. The number of hydrogen-bond donors (Lipinski definition) is 1. The normalized spacial score (nSPS) is 26.3. The quantitative estimate of drug-likeness (QED) is 0.778. The van der Waals surface area contributed by atoms with E-state index in [0.29, 0.717) is 5.92 Å². The zero-order valence-electron chi connectivity index (χ0n) is 7.89. The van der Waals surface area contributed by atoms with E-state index in [1.54, 1.807) is 6.20 Å². The highest BCUT2D eigenvalue weighted by molar-refractivity contribution is 5.70. The summed E-state index contributed by atoms with van der Waals surface area (Å²) in [6.45, 7) is 0. The van der Waals surface area contributed by atoms with E-state index < -0.39 is 5.97 Å². The molecule has 74 valence electrons. The van der Waals surface area contributed by atoms with Crippen molar-refractivity contribution in [2.75, 3.05) is 0 Å². The van der Waals surface area contributed by atoms with Gasteiger partial charge in [0.25, 0.3) is 0 Å². The standard InChI is InChI=1S/C11H13NO2/c13-11(14)9-4-3-8(6-9)10-2-1-5-12-7-10/h1-2,5,7-9H,3-4,6H2,(H,13,14). The largest absolute Gasteiger partial charge is 0.481 e. The molecule has 0 saturated heterocycles. The third-order valence-corrected chi connectivity index (χ3v) is 2.94. The number of nitrogens with zero attached hydrogens (tertiary/aromatic N) is 1. The van der Waals surface area contributed by atoms with Crippen LogP contribution in [0.5, 0.6) is 0 Å². The fraction of sp³-hybridized carbons (Fsp3) is 0.455. The van der Waals surface area contributed by atoms with Gasteiger partial charge >= 0.3 is 5.97 Å². The minimum absolute atomic E-state index is 0.153. The van der Waals surface area contributed by atoms with E-state index in [9.17, 15) is 4.79 Å². The fourth-order valence-corrected chi connectivity index (χ4v) is 2.13. The van der Waals surface area contributed by atoms with E-state index in [1.807, 2.05) is 18.3 Å². The Labute approximate surface area is 82.8 Å². The molecule has 1 heterocycles. The van der Waals surface area contributed by atoms with Crippen molar-refractivity contribution in [2.45, 2.75) is 25.2 Å². The first-order chi connectivity index (χ1) is 6.77. The van der Waals surface area contributed by atoms with E-state index in [4.69, 9.17) is 5.11 Å². The number of rotatable bonds is 2. The Balaban J connectivity index is 2.06. The molecule has 1 fully saturated rings. The van der Waals surface area contributed by atoms with E-state index in [-0.39, 0.29) is 5.92 Å². The Morgan fingerprint density at radius 1 is 1.50 bits per heavy atom. The second-order valence-corrected chi connectivity index (χ2v) is 3.83. The highest BCUT2D eigenvalue weighted by Gasteiger charge is 2.30. The van der Waals surface area contributed by atoms with E-state index in [0.717, 1.165) is 19.3 Å². The lowest BCUT2D eigenvalue weighted by atomic mass is 9.98. The topological polar surface area (TPSA) is 50.2 Å². The highest BCUT2D eigenvalue weighted by Crippen LogP contribution is 2.37. The molecule has 3 heteroatoms. The van der Waals surface area contributed by atoms with Gasteiger partial charge in [0, 0.05) is 12.4 Å². The van der Waals surface area contributed by atoms with Gasteiger partial charge in [-0.1, -0.05) is 6.07 Å². The summed E-state index contributed by atoms with van der Waals surface area (Å²) in [4.78, 5) is 14.8. The Morgan fingerprint density at radius 2 is 2.36 bits per heavy atom. The molecule has 0 aliphatic heterocycles. The number of carboxylic acids is 1. The molecule has 1 aliphatic rings. The molecule has 1 saturated carbocycles. The third kappa shape index (κ3) is 1.76. The maximum Gasteiger partial charge on any atom is 0.306 e. The zero-order valence-corrected chi connectivity index (χ0v) is 7.89. The average Bonchev–Trinajstić information content (AvgIpc) is 2.68. The van der Waals surface area contributed by atoms with Gasteiger partial charge in [-0.25, -0.2) is 0 Å². The Morgan fingerprint density at radius 3 is 2.93 bits per heavy atom. The van der Waals surface area contributed by atoms with Crippen LogP contribution < -0.4 is 0 Å². The van der Waals surface area contributed by atoms with Crippen LogP contribution in [0.4, 0.5) is 0 Å². The molecular formula is C11H13NO2. The maximum atomic E-state index is 10.8. The lowest BCUT2D eigenvalue weighted by molar-refractivity contribution is -0.141. The molecule has 14 heavy (non-hydrogen) atoms. The van der Waals surface area contributed by atoms with E-state index in [1.165, 1.54) is 5.56 Å². The van der Waals surface area contributed by atoms with Crippen LogP contribution in [0, 0.1) is 5.92 Å². The van der Waals surface area contributed by atoms with Gasteiger partial charge in [-0.05, 0) is 36.8 Å². The number of hydrogen-bond acceptors (Lipinski definition) is 2. The number of pyridine rings is 1. The number of aliphatic carboxylic acids is 1. The number of carbonyl (C=O) groups is 1. The summed E-state index contributed by atoms with van der Waals surface area (Å²) in [7, 11) is 0. The summed E-state index contributed by atoms with van der Waals surface area (Å²) in [6, 6.07) is 3.94. The molecule has 0 bridgehead atoms. The summed E-state index contributed by atoms with van der Waals surface area (Å²) in [5, 5.41) is 8.86. The van der Waals surface area contributed by atoms with Crippen molar-refractivity contribution in [1.29, 1.82) is 0 Å². The van der Waals surface area contributed by atoms with Crippen LogP contribution in [0.1, 0.15) is 30.7 Å². The van der Waals surface area contributed by atoms with Crippen molar-refractivity contribution in [1.82, 2.24) is 4.98 Å². The molecule has 2 atom stereocenters. The SMILES string of the molecule is O=C(O)C1CCC(c2cccnc2)C1. The maximum absolute atomic E-state index is 10.8. The van der Waals surface area contributed by atoms with Crippen LogP contribution in [0.3, 0.4) is 0 Å². The first-order valence-electron chi connectivity index (χ1n) is 4.90. The minimum Gasteiger partial charge on any atom is -0.481 e. The minimum atomic E-state index is -0.656. The molecular weight excluding hydrogens is 178 g/mol. The van der Waals surface area contributed by atoms with Gasteiger partial charge in [0.05, 0.1) is 5.92 Å². The molecule has 0 amide bonds. The van der Waals surface area contributed by atoms with Crippen LogP contribution in [-0.4, -0.2) is 16.1 Å². The first kappa shape index (κ1) is 9.19. The molecule has 1 aromatic rings. The van der Waals surface area contributed by atoms with Gasteiger partial charge < -0.3 is 5.11 Å². The molecule has 1 aromatic heterocycles. The van der Waals surface area contributed by atoms with Crippen LogP contribution >= 0.6 is 0 Å². The fourth-order valence-electron chi connectivity index (χ4n) is 2.13. The molecule has 3 nitrogen and oxygen atoms in total. The second kappa shape index (κ2) is 3.78. The Hall–Kier alpha value is -1.38. The molecule has 2 rings (SSSR count). The second-order valence-electron chi connectivity index (χ2n) is 3.83. The van der Waals surface area contributed by atoms with Crippen molar-refractivity contribution in [3.8, 4) is 0 Å². The average molecular weight is 191 g/mol. The van der Waals surface area contributed by atoms with Crippen LogP contribution in [-0.2, 0) is 4.79 Å². The van der Waals surface area contributed by atoms with Gasteiger partial charge in [-0.2, -0.15) is 0 Å². The van der Waals surface area contributed by atoms with E-state index in [2.05, 4.69) is 4.98 Å². The molecule has 0 aromatic carbocycles. The third-order valence-electron chi connectivity index (χ3n) is 2.94. The summed E-state index contributed by atoms with van der Waals surface area (Å²) in [5.41, 5.74) is 1.18. The zero-order chi connectivity index (χ0) is 9.97. The highest BCUT2D eigenvalue weighted by atomic mass is 16.4. The Bertz CT molecular complexity index is 323. The van der Waals surface area contributed by atoms with Crippen molar-refractivity contribution in [3.63, 3.8) is 0 Å². The molecule has 0 radical (unpaired) electrons. The van der Waals surface area contributed by atoms with Crippen molar-refractivity contribution < 1.29 is 9.90 Å². The van der Waals surface area contributed by atoms with Gasteiger partial charge in [0.15, 0.2) is 0 Å². The Kier molecular flexibility index (Phi) is 2.48. The molecule has 0 spiro atoms. The predicted octanol–water partition coefficient (Wildman–Crippen LogP) is 2.05. The van der Waals surface area contributed by atoms with Crippen LogP contribution in [0.15, 0.2) is 24.5 Å². The molecule has 1 N–H and O–H groups in total. The van der Waals surface area contributed by atoms with Gasteiger partial charge in [0.1, 0.15) is 0 Å². The lowest BCUT2D eigenvalue weighted by Gasteiger charge is -2.08. The monoisotopic (exact) mass is 191 g/mol. The van der Waals surface area contributed by atoms with Gasteiger partial charge in [0.2, 0.25) is 0 Å². The lowest BCUT2D eigenvalue weighted by Crippen LogP contribution is -2.09. The molecule has 2 unspecified atom stereocenters. The predicted molar refractivity (Wildman–Crippen MR) is 52.0 cm³/mol. The van der Waals surface area contributed by atoms with Crippen LogP contribution in [0.2, 0.25) is 0 Å². The van der Waals surface area contributed by atoms with Gasteiger partial charge in [-0.15, -0.1) is 0 Å². The van der Waals surface area contributed by atoms with Crippen molar-refractivity contribution >= 4 is 5.97 Å². The van der Waals surface area contributed by atoms with Crippen LogP contribution in [0.25, 0.3) is 0 Å². The summed E-state index contributed by atoms with van der Waals surface area (Å²) >= 11 is 0. The number of carboxylic acid groups (broad SMARTS) is 1. The van der Waals surface area contributed by atoms with Gasteiger partial charge in [-0.3, -0.25) is 9.78 Å². The molecule has 1 aliphatic carbocycles. The number of aromatic nitrogens is 1.